The topological polar surface area (TPSA) is 52.6 Å². The first kappa shape index (κ1) is 14.0. The van der Waals surface area contributed by atoms with Crippen LogP contribution < -0.4 is 5.32 Å². The standard InChI is InChI=1S/C15H22N2O2/c1-11-4-3-5-13(8-11)16-15(19)10-17(2)9-14(18)12-6-7-12/h3-5,8,12,14,18H,6-7,9-10H2,1-2H3,(H,16,19). The van der Waals surface area contributed by atoms with Gasteiger partial charge in [0.1, 0.15) is 0 Å². The molecule has 1 aliphatic carbocycles. The van der Waals surface area contributed by atoms with E-state index in [9.17, 15) is 9.90 Å². The molecule has 1 aromatic carbocycles. The van der Waals surface area contributed by atoms with E-state index >= 15 is 0 Å². The molecule has 1 aromatic rings. The van der Waals surface area contributed by atoms with Gasteiger partial charge in [0, 0.05) is 12.2 Å². The van der Waals surface area contributed by atoms with Crippen LogP contribution in [0.4, 0.5) is 5.69 Å². The Morgan fingerprint density at radius 3 is 2.89 bits per heavy atom. The molecule has 0 spiro atoms. The van der Waals surface area contributed by atoms with Crippen molar-refractivity contribution < 1.29 is 9.90 Å². The summed E-state index contributed by atoms with van der Waals surface area (Å²) < 4.78 is 0. The first-order valence-electron chi connectivity index (χ1n) is 6.77. The summed E-state index contributed by atoms with van der Waals surface area (Å²) in [5, 5.41) is 12.7. The predicted octanol–water partition coefficient (Wildman–Crippen LogP) is 1.64. The molecule has 0 aromatic heterocycles. The second kappa shape index (κ2) is 6.17. The molecule has 0 aliphatic heterocycles. The van der Waals surface area contributed by atoms with E-state index in [4.69, 9.17) is 0 Å². The first-order chi connectivity index (χ1) is 9.04. The monoisotopic (exact) mass is 262 g/mol. The average Bonchev–Trinajstić information content (AvgIpc) is 3.11. The fraction of sp³-hybridized carbons (Fsp3) is 0.533. The van der Waals surface area contributed by atoms with Gasteiger partial charge < -0.3 is 10.4 Å². The summed E-state index contributed by atoms with van der Waals surface area (Å²) in [4.78, 5) is 13.7. The number of nitrogens with one attached hydrogen (secondary N) is 1. The van der Waals surface area contributed by atoms with E-state index in [1.54, 1.807) is 0 Å². The van der Waals surface area contributed by atoms with Gasteiger partial charge in [-0.2, -0.15) is 0 Å². The van der Waals surface area contributed by atoms with E-state index in [1.165, 1.54) is 0 Å². The second-order valence-electron chi connectivity index (χ2n) is 5.52. The number of benzene rings is 1. The van der Waals surface area contributed by atoms with Gasteiger partial charge in [0.25, 0.3) is 0 Å². The van der Waals surface area contributed by atoms with Crippen LogP contribution in [0.25, 0.3) is 0 Å². The summed E-state index contributed by atoms with van der Waals surface area (Å²) in [5.74, 6) is 0.401. The number of aliphatic hydroxyl groups is 1. The predicted molar refractivity (Wildman–Crippen MR) is 76.0 cm³/mol. The summed E-state index contributed by atoms with van der Waals surface area (Å²) in [6.07, 6.45) is 1.94. The van der Waals surface area contributed by atoms with Crippen LogP contribution in [0.1, 0.15) is 18.4 Å². The van der Waals surface area contributed by atoms with Gasteiger partial charge in [-0.15, -0.1) is 0 Å². The van der Waals surface area contributed by atoms with Crippen molar-refractivity contribution in [3.63, 3.8) is 0 Å². The number of anilines is 1. The fourth-order valence-corrected chi connectivity index (χ4v) is 2.18. The van der Waals surface area contributed by atoms with Crippen molar-refractivity contribution in [1.82, 2.24) is 4.90 Å². The number of nitrogens with zero attached hydrogens (tertiary/aromatic N) is 1. The summed E-state index contributed by atoms with van der Waals surface area (Å²) in [6, 6.07) is 7.74. The number of rotatable bonds is 6. The molecule has 19 heavy (non-hydrogen) atoms. The molecule has 1 fully saturated rings. The lowest BCUT2D eigenvalue weighted by atomic mass is 10.2. The van der Waals surface area contributed by atoms with Gasteiger partial charge >= 0.3 is 0 Å². The molecule has 0 bridgehead atoms. The van der Waals surface area contributed by atoms with Crippen LogP contribution in [0.2, 0.25) is 0 Å². The zero-order chi connectivity index (χ0) is 13.8. The second-order valence-corrected chi connectivity index (χ2v) is 5.52. The van der Waals surface area contributed by atoms with Crippen molar-refractivity contribution in [3.8, 4) is 0 Å². The van der Waals surface area contributed by atoms with Crippen molar-refractivity contribution in [3.05, 3.63) is 29.8 Å². The van der Waals surface area contributed by atoms with E-state index < -0.39 is 0 Å². The van der Waals surface area contributed by atoms with E-state index in [2.05, 4.69) is 5.32 Å². The Kier molecular flexibility index (Phi) is 4.56. The van der Waals surface area contributed by atoms with E-state index in [-0.39, 0.29) is 12.0 Å². The Bertz CT molecular complexity index is 444. The summed E-state index contributed by atoms with van der Waals surface area (Å²) in [6.45, 7) is 2.86. The lowest BCUT2D eigenvalue weighted by Crippen LogP contribution is -2.36. The molecule has 0 saturated heterocycles. The molecule has 4 heteroatoms. The zero-order valence-corrected chi connectivity index (χ0v) is 11.6. The molecule has 104 valence electrons. The Labute approximate surface area is 114 Å². The van der Waals surface area contributed by atoms with Gasteiger partial charge in [-0.3, -0.25) is 9.69 Å². The van der Waals surface area contributed by atoms with E-state index in [0.717, 1.165) is 24.1 Å². The highest BCUT2D eigenvalue weighted by atomic mass is 16.3. The third kappa shape index (κ3) is 4.65. The van der Waals surface area contributed by atoms with Gasteiger partial charge in [0.05, 0.1) is 12.6 Å². The van der Waals surface area contributed by atoms with Crippen molar-refractivity contribution >= 4 is 11.6 Å². The average molecular weight is 262 g/mol. The maximum atomic E-state index is 11.9. The molecule has 1 amide bonds. The number of carbonyl (C=O) groups excluding carboxylic acids is 1. The third-order valence-electron chi connectivity index (χ3n) is 3.38. The number of aliphatic hydroxyl groups excluding tert-OH is 1. The molecule has 0 radical (unpaired) electrons. The molecule has 2 rings (SSSR count). The van der Waals surface area contributed by atoms with Crippen LogP contribution in [-0.4, -0.2) is 42.2 Å². The minimum absolute atomic E-state index is 0.0453. The highest BCUT2D eigenvalue weighted by Crippen LogP contribution is 2.32. The number of hydrogen-bond donors (Lipinski definition) is 2. The normalized spacial score (nSPS) is 16.4. The number of likely N-dealkylation sites (N-methyl/N-ethyl adjacent to an activating group) is 1. The molecule has 2 N–H and O–H groups in total. The molecule has 1 saturated carbocycles. The van der Waals surface area contributed by atoms with Gasteiger partial charge in [-0.1, -0.05) is 12.1 Å². The lowest BCUT2D eigenvalue weighted by molar-refractivity contribution is -0.117. The number of amides is 1. The number of aryl methyl sites for hydroxylation is 1. The van der Waals surface area contributed by atoms with E-state index in [1.807, 2.05) is 43.1 Å². The van der Waals surface area contributed by atoms with Crippen LogP contribution in [0, 0.1) is 12.8 Å². The summed E-state index contributed by atoms with van der Waals surface area (Å²) >= 11 is 0. The van der Waals surface area contributed by atoms with Gasteiger partial charge in [0.2, 0.25) is 5.91 Å². The highest BCUT2D eigenvalue weighted by Gasteiger charge is 2.30. The van der Waals surface area contributed by atoms with Crippen LogP contribution in [0.3, 0.4) is 0 Å². The Morgan fingerprint density at radius 1 is 1.53 bits per heavy atom. The summed E-state index contributed by atoms with van der Waals surface area (Å²) in [7, 11) is 1.86. The molecule has 0 heterocycles. The van der Waals surface area contributed by atoms with Crippen molar-refractivity contribution in [2.45, 2.75) is 25.9 Å². The molecule has 4 nitrogen and oxygen atoms in total. The maximum Gasteiger partial charge on any atom is 0.238 e. The quantitative estimate of drug-likeness (QED) is 0.819. The largest absolute Gasteiger partial charge is 0.392 e. The van der Waals surface area contributed by atoms with Gasteiger partial charge in [-0.05, 0) is 50.4 Å². The van der Waals surface area contributed by atoms with Crippen LogP contribution >= 0.6 is 0 Å². The van der Waals surface area contributed by atoms with Crippen LogP contribution in [0.5, 0.6) is 0 Å². The smallest absolute Gasteiger partial charge is 0.238 e. The van der Waals surface area contributed by atoms with Crippen LogP contribution in [0.15, 0.2) is 24.3 Å². The zero-order valence-electron chi connectivity index (χ0n) is 11.6. The highest BCUT2D eigenvalue weighted by molar-refractivity contribution is 5.92. The SMILES string of the molecule is Cc1cccc(NC(=O)CN(C)CC(O)C2CC2)c1. The fourth-order valence-electron chi connectivity index (χ4n) is 2.18. The lowest BCUT2D eigenvalue weighted by Gasteiger charge is -2.19. The minimum Gasteiger partial charge on any atom is -0.392 e. The molecular weight excluding hydrogens is 240 g/mol. The Hall–Kier alpha value is -1.39. The maximum absolute atomic E-state index is 11.9. The minimum atomic E-state index is -0.295. The molecular formula is C15H22N2O2. The Morgan fingerprint density at radius 2 is 2.26 bits per heavy atom. The molecule has 1 atom stereocenters. The summed E-state index contributed by atoms with van der Waals surface area (Å²) in [5.41, 5.74) is 1.94. The molecule has 1 aliphatic rings. The van der Waals surface area contributed by atoms with Crippen molar-refractivity contribution in [2.75, 3.05) is 25.5 Å². The molecule has 1 unspecified atom stereocenters. The van der Waals surface area contributed by atoms with Crippen molar-refractivity contribution in [2.24, 2.45) is 5.92 Å². The van der Waals surface area contributed by atoms with E-state index in [0.29, 0.717) is 19.0 Å². The van der Waals surface area contributed by atoms with Gasteiger partial charge in [-0.25, -0.2) is 0 Å². The Balaban J connectivity index is 1.76. The number of hydrogen-bond acceptors (Lipinski definition) is 3. The number of carbonyl (C=O) groups is 1. The first-order valence-corrected chi connectivity index (χ1v) is 6.77. The van der Waals surface area contributed by atoms with Crippen molar-refractivity contribution in [1.29, 1.82) is 0 Å². The van der Waals surface area contributed by atoms with Gasteiger partial charge in [0.15, 0.2) is 0 Å². The third-order valence-corrected chi connectivity index (χ3v) is 3.38. The van der Waals surface area contributed by atoms with Crippen LogP contribution in [-0.2, 0) is 4.79 Å².